The molecule has 5 heteroatoms. The number of rotatable bonds is 6. The molecule has 0 heterocycles. The molecule has 5 nitrogen and oxygen atoms in total. The molecule has 0 aliphatic heterocycles. The topological polar surface area (TPSA) is 76.0 Å². The summed E-state index contributed by atoms with van der Waals surface area (Å²) in [4.78, 5) is 9.00. The zero-order chi connectivity index (χ0) is 11.4. The van der Waals surface area contributed by atoms with E-state index in [1.54, 1.807) is 0 Å². The van der Waals surface area contributed by atoms with Crippen LogP contribution in [0.4, 0.5) is 0 Å². The van der Waals surface area contributed by atoms with Gasteiger partial charge in [0.15, 0.2) is 0 Å². The Morgan fingerprint density at radius 1 is 1.29 bits per heavy atom. The van der Waals surface area contributed by atoms with Gasteiger partial charge < -0.3 is 19.7 Å². The molecule has 2 N–H and O–H groups in total. The summed E-state index contributed by atoms with van der Waals surface area (Å²) in [7, 11) is 0. The Morgan fingerprint density at radius 2 is 1.79 bits per heavy atom. The largest absolute Gasteiger partial charge is 0.481 e. The van der Waals surface area contributed by atoms with Crippen molar-refractivity contribution in [3.05, 3.63) is 0 Å². The molecule has 14 heavy (non-hydrogen) atoms. The highest BCUT2D eigenvalue weighted by Gasteiger charge is 1.91. The lowest BCUT2D eigenvalue weighted by molar-refractivity contribution is -0.134. The summed E-state index contributed by atoms with van der Waals surface area (Å²) in [5.41, 5.74) is 0. The van der Waals surface area contributed by atoms with Crippen molar-refractivity contribution in [3.8, 4) is 0 Å². The minimum Gasteiger partial charge on any atom is -0.481 e. The lowest BCUT2D eigenvalue weighted by atomic mass is 10.5. The molecular weight excluding hydrogens is 188 g/mol. The fourth-order valence-electron chi connectivity index (χ4n) is 0.509. The lowest BCUT2D eigenvalue weighted by Gasteiger charge is -2.06. The van der Waals surface area contributed by atoms with Crippen molar-refractivity contribution in [2.75, 3.05) is 26.4 Å². The van der Waals surface area contributed by atoms with Gasteiger partial charge in [0.1, 0.15) is 0 Å². The maximum Gasteiger partial charge on any atom is 0.300 e. The highest BCUT2D eigenvalue weighted by atomic mass is 16.5. The van der Waals surface area contributed by atoms with Gasteiger partial charge in [0.05, 0.1) is 32.5 Å². The predicted octanol–water partition coefficient (Wildman–Crippen LogP) is 0.511. The molecule has 0 fully saturated rings. The van der Waals surface area contributed by atoms with Crippen LogP contribution in [-0.2, 0) is 14.3 Å². The van der Waals surface area contributed by atoms with Crippen molar-refractivity contribution in [3.63, 3.8) is 0 Å². The van der Waals surface area contributed by atoms with E-state index in [4.69, 9.17) is 24.5 Å². The molecule has 0 saturated carbocycles. The van der Waals surface area contributed by atoms with Gasteiger partial charge in [-0.2, -0.15) is 0 Å². The number of hydrogen-bond donors (Lipinski definition) is 2. The monoisotopic (exact) mass is 208 g/mol. The van der Waals surface area contributed by atoms with Crippen molar-refractivity contribution in [1.82, 2.24) is 0 Å². The zero-order valence-corrected chi connectivity index (χ0v) is 9.02. The van der Waals surface area contributed by atoms with Crippen LogP contribution in [0.3, 0.4) is 0 Å². The normalized spacial score (nSPS) is 9.50. The SMILES string of the molecule is CC(=O)O.CC(C)OCCOCCO. The summed E-state index contributed by atoms with van der Waals surface area (Å²) in [5, 5.41) is 15.7. The summed E-state index contributed by atoms with van der Waals surface area (Å²) in [6.07, 6.45) is 0.262. The molecule has 0 rings (SSSR count). The first kappa shape index (κ1) is 15.8. The van der Waals surface area contributed by atoms with Crippen LogP contribution >= 0.6 is 0 Å². The molecule has 0 saturated heterocycles. The van der Waals surface area contributed by atoms with Gasteiger partial charge in [-0.25, -0.2) is 0 Å². The van der Waals surface area contributed by atoms with Crippen LogP contribution in [0.5, 0.6) is 0 Å². The molecule has 0 aromatic rings. The first-order valence-corrected chi connectivity index (χ1v) is 4.50. The Bertz CT molecular complexity index is 120. The van der Waals surface area contributed by atoms with Crippen molar-refractivity contribution in [2.24, 2.45) is 0 Å². The molecule has 0 unspecified atom stereocenters. The van der Waals surface area contributed by atoms with E-state index in [-0.39, 0.29) is 12.7 Å². The fraction of sp³-hybridized carbons (Fsp3) is 0.889. The van der Waals surface area contributed by atoms with E-state index >= 15 is 0 Å². The van der Waals surface area contributed by atoms with Crippen molar-refractivity contribution < 1.29 is 24.5 Å². The highest BCUT2D eigenvalue weighted by molar-refractivity contribution is 5.62. The third kappa shape index (κ3) is 30.2. The average molecular weight is 208 g/mol. The molecule has 0 aliphatic carbocycles. The molecule has 0 amide bonds. The van der Waals surface area contributed by atoms with Gasteiger partial charge in [-0.05, 0) is 13.8 Å². The predicted molar refractivity (Wildman–Crippen MR) is 52.3 cm³/mol. The van der Waals surface area contributed by atoms with E-state index in [1.807, 2.05) is 13.8 Å². The standard InChI is InChI=1S/C7H16O3.C2H4O2/c1-7(2)10-6-5-9-4-3-8;1-2(3)4/h7-8H,3-6H2,1-2H3;1H3,(H,3,4). The van der Waals surface area contributed by atoms with Gasteiger partial charge in [-0.15, -0.1) is 0 Å². The summed E-state index contributed by atoms with van der Waals surface area (Å²) < 4.78 is 10.1. The highest BCUT2D eigenvalue weighted by Crippen LogP contribution is 1.86. The number of aliphatic carboxylic acids is 1. The van der Waals surface area contributed by atoms with E-state index in [0.29, 0.717) is 19.8 Å². The quantitative estimate of drug-likeness (QED) is 0.622. The number of carbonyl (C=O) groups is 1. The molecule has 0 aromatic heterocycles. The smallest absolute Gasteiger partial charge is 0.300 e. The summed E-state index contributed by atoms with van der Waals surface area (Å²) in [6.45, 7) is 6.71. The number of carboxylic acids is 1. The first-order valence-electron chi connectivity index (χ1n) is 4.50. The van der Waals surface area contributed by atoms with Crippen LogP contribution in [0.1, 0.15) is 20.8 Å². The van der Waals surface area contributed by atoms with Crippen LogP contribution in [0.2, 0.25) is 0 Å². The minimum absolute atomic E-state index is 0.0850. The second kappa shape index (κ2) is 12.3. The Morgan fingerprint density at radius 3 is 2.14 bits per heavy atom. The Labute approximate surface area is 84.6 Å². The van der Waals surface area contributed by atoms with Crippen LogP contribution in [-0.4, -0.2) is 48.7 Å². The molecular formula is C9H20O5. The van der Waals surface area contributed by atoms with Gasteiger partial charge in [0.25, 0.3) is 5.97 Å². The molecule has 0 aromatic carbocycles. The lowest BCUT2D eigenvalue weighted by Crippen LogP contribution is -2.10. The molecule has 0 atom stereocenters. The van der Waals surface area contributed by atoms with Gasteiger partial charge >= 0.3 is 0 Å². The summed E-state index contributed by atoms with van der Waals surface area (Å²) in [6, 6.07) is 0. The third-order valence-electron chi connectivity index (χ3n) is 0.914. The number of carboxylic acid groups (broad SMARTS) is 1. The minimum atomic E-state index is -0.833. The molecule has 0 radical (unpaired) electrons. The van der Waals surface area contributed by atoms with E-state index in [2.05, 4.69) is 0 Å². The number of aliphatic hydroxyl groups excluding tert-OH is 1. The second-order valence-corrected chi connectivity index (χ2v) is 2.77. The number of aliphatic hydroxyl groups is 1. The van der Waals surface area contributed by atoms with Crippen LogP contribution in [0.15, 0.2) is 0 Å². The van der Waals surface area contributed by atoms with Gasteiger partial charge in [0.2, 0.25) is 0 Å². The Kier molecular flexibility index (Phi) is 13.9. The van der Waals surface area contributed by atoms with E-state index < -0.39 is 5.97 Å². The maximum atomic E-state index is 9.00. The summed E-state index contributed by atoms with van der Waals surface area (Å²) in [5.74, 6) is -0.833. The van der Waals surface area contributed by atoms with Crippen LogP contribution in [0.25, 0.3) is 0 Å². The molecule has 0 aliphatic rings. The average Bonchev–Trinajstić information content (AvgIpc) is 2.02. The summed E-state index contributed by atoms with van der Waals surface area (Å²) >= 11 is 0. The van der Waals surface area contributed by atoms with Crippen LogP contribution in [0, 0.1) is 0 Å². The molecule has 86 valence electrons. The van der Waals surface area contributed by atoms with Gasteiger partial charge in [-0.3, -0.25) is 4.79 Å². The Balaban J connectivity index is 0. The van der Waals surface area contributed by atoms with Crippen LogP contribution < -0.4 is 0 Å². The first-order chi connectivity index (χ1) is 6.50. The zero-order valence-electron chi connectivity index (χ0n) is 9.02. The fourth-order valence-corrected chi connectivity index (χ4v) is 0.509. The van der Waals surface area contributed by atoms with Gasteiger partial charge in [-0.1, -0.05) is 0 Å². The number of ether oxygens (including phenoxy) is 2. The van der Waals surface area contributed by atoms with Crippen molar-refractivity contribution in [1.29, 1.82) is 0 Å². The Hall–Kier alpha value is -0.650. The van der Waals surface area contributed by atoms with E-state index in [1.165, 1.54) is 0 Å². The number of hydrogen-bond acceptors (Lipinski definition) is 4. The van der Waals surface area contributed by atoms with E-state index in [9.17, 15) is 0 Å². The second-order valence-electron chi connectivity index (χ2n) is 2.77. The van der Waals surface area contributed by atoms with Crippen molar-refractivity contribution >= 4 is 5.97 Å². The molecule has 0 bridgehead atoms. The maximum absolute atomic E-state index is 9.00. The van der Waals surface area contributed by atoms with Crippen molar-refractivity contribution in [2.45, 2.75) is 26.9 Å². The van der Waals surface area contributed by atoms with E-state index in [0.717, 1.165) is 6.92 Å². The molecule has 0 spiro atoms. The van der Waals surface area contributed by atoms with Gasteiger partial charge in [0, 0.05) is 6.92 Å². The third-order valence-corrected chi connectivity index (χ3v) is 0.914.